The molecule has 1 unspecified atom stereocenters. The zero-order valence-corrected chi connectivity index (χ0v) is 14.6. The lowest BCUT2D eigenvalue weighted by Crippen LogP contribution is -2.23. The van der Waals surface area contributed by atoms with Crippen LogP contribution in [0.3, 0.4) is 0 Å². The van der Waals surface area contributed by atoms with Gasteiger partial charge in [0.05, 0.1) is 6.04 Å². The van der Waals surface area contributed by atoms with E-state index in [0.29, 0.717) is 23.6 Å². The van der Waals surface area contributed by atoms with Crippen molar-refractivity contribution in [1.29, 1.82) is 0 Å². The van der Waals surface area contributed by atoms with E-state index in [-0.39, 0.29) is 12.0 Å². The average molecular weight is 339 g/mol. The summed E-state index contributed by atoms with van der Waals surface area (Å²) >= 11 is 0. The normalized spacial score (nSPS) is 17.6. The molecule has 0 radical (unpaired) electrons. The molecule has 0 N–H and O–H groups in total. The van der Waals surface area contributed by atoms with E-state index in [1.165, 1.54) is 5.56 Å². The lowest BCUT2D eigenvalue weighted by atomic mass is 10.1. The summed E-state index contributed by atoms with van der Waals surface area (Å²) in [5, 5.41) is 8.28. The van der Waals surface area contributed by atoms with E-state index in [1.807, 2.05) is 38.1 Å². The third-order valence-electron chi connectivity index (χ3n) is 4.47. The van der Waals surface area contributed by atoms with E-state index in [0.717, 1.165) is 24.9 Å². The van der Waals surface area contributed by atoms with Crippen molar-refractivity contribution in [2.75, 3.05) is 11.4 Å². The van der Waals surface area contributed by atoms with Crippen LogP contribution in [0.25, 0.3) is 11.4 Å². The fourth-order valence-corrected chi connectivity index (χ4v) is 3.03. The maximum absolute atomic E-state index is 5.52. The van der Waals surface area contributed by atoms with Crippen LogP contribution in [0.15, 0.2) is 33.3 Å². The molecule has 130 valence electrons. The minimum atomic E-state index is 0.0163. The quantitative estimate of drug-likeness (QED) is 0.713. The number of hydrogen-bond acceptors (Lipinski definition) is 7. The SMILES string of the molecule is Cc1ccc(-c2noc(N3CCCC3c3noc(C(C)C)n3)n2)cc1. The topological polar surface area (TPSA) is 81.1 Å². The van der Waals surface area contributed by atoms with Crippen LogP contribution in [0.2, 0.25) is 0 Å². The molecule has 1 saturated heterocycles. The maximum Gasteiger partial charge on any atom is 0.325 e. The molecule has 1 aliphatic heterocycles. The van der Waals surface area contributed by atoms with Crippen molar-refractivity contribution in [3.63, 3.8) is 0 Å². The lowest BCUT2D eigenvalue weighted by Gasteiger charge is -2.18. The van der Waals surface area contributed by atoms with E-state index in [1.54, 1.807) is 0 Å². The van der Waals surface area contributed by atoms with Crippen molar-refractivity contribution in [2.45, 2.75) is 45.6 Å². The molecule has 0 amide bonds. The van der Waals surface area contributed by atoms with E-state index in [4.69, 9.17) is 9.05 Å². The second-order valence-corrected chi connectivity index (χ2v) is 6.76. The van der Waals surface area contributed by atoms with E-state index >= 15 is 0 Å². The van der Waals surface area contributed by atoms with Gasteiger partial charge in [-0.1, -0.05) is 54.0 Å². The highest BCUT2D eigenvalue weighted by atomic mass is 16.5. The minimum Gasteiger partial charge on any atom is -0.339 e. The first-order chi connectivity index (χ1) is 12.1. The lowest BCUT2D eigenvalue weighted by molar-refractivity contribution is 0.356. The van der Waals surface area contributed by atoms with Crippen LogP contribution >= 0.6 is 0 Å². The Morgan fingerprint density at radius 3 is 2.60 bits per heavy atom. The van der Waals surface area contributed by atoms with Gasteiger partial charge in [0.15, 0.2) is 5.82 Å². The Labute approximate surface area is 146 Å². The summed E-state index contributed by atoms with van der Waals surface area (Å²) < 4.78 is 10.9. The molecule has 0 bridgehead atoms. The summed E-state index contributed by atoms with van der Waals surface area (Å²) in [6.45, 7) is 6.97. The number of anilines is 1. The van der Waals surface area contributed by atoms with Gasteiger partial charge in [-0.25, -0.2) is 0 Å². The van der Waals surface area contributed by atoms with Crippen LogP contribution in [-0.2, 0) is 0 Å². The number of rotatable bonds is 4. The summed E-state index contributed by atoms with van der Waals surface area (Å²) in [7, 11) is 0. The zero-order valence-electron chi connectivity index (χ0n) is 14.6. The first-order valence-corrected chi connectivity index (χ1v) is 8.62. The number of aromatic nitrogens is 4. The number of nitrogens with zero attached hydrogens (tertiary/aromatic N) is 5. The van der Waals surface area contributed by atoms with Crippen LogP contribution < -0.4 is 4.90 Å². The molecule has 7 heteroatoms. The molecule has 7 nitrogen and oxygen atoms in total. The standard InChI is InChI=1S/C18H21N5O2/c1-11(2)17-19-16(22-24-17)14-5-4-10-23(14)18-20-15(21-25-18)13-8-6-12(3)7-9-13/h6-9,11,14H,4-5,10H2,1-3H3. The van der Waals surface area contributed by atoms with Crippen molar-refractivity contribution in [2.24, 2.45) is 0 Å². The predicted molar refractivity (Wildman–Crippen MR) is 92.2 cm³/mol. The monoisotopic (exact) mass is 339 g/mol. The number of aryl methyl sites for hydroxylation is 1. The Morgan fingerprint density at radius 1 is 1.08 bits per heavy atom. The molecule has 1 aromatic carbocycles. The Balaban J connectivity index is 1.59. The van der Waals surface area contributed by atoms with Gasteiger partial charge in [0, 0.05) is 18.0 Å². The first-order valence-electron chi connectivity index (χ1n) is 8.62. The highest BCUT2D eigenvalue weighted by Crippen LogP contribution is 2.35. The maximum atomic E-state index is 5.52. The summed E-state index contributed by atoms with van der Waals surface area (Å²) in [5.41, 5.74) is 2.14. The van der Waals surface area contributed by atoms with Crippen LogP contribution in [0, 0.1) is 6.92 Å². The molecule has 1 atom stereocenters. The van der Waals surface area contributed by atoms with Crippen LogP contribution in [-0.4, -0.2) is 26.8 Å². The van der Waals surface area contributed by atoms with Gasteiger partial charge in [0.1, 0.15) is 0 Å². The first kappa shape index (κ1) is 15.8. The predicted octanol–water partition coefficient (Wildman–Crippen LogP) is 3.89. The highest BCUT2D eigenvalue weighted by Gasteiger charge is 2.33. The smallest absolute Gasteiger partial charge is 0.325 e. The van der Waals surface area contributed by atoms with E-state index in [9.17, 15) is 0 Å². The van der Waals surface area contributed by atoms with Crippen molar-refractivity contribution in [1.82, 2.24) is 20.3 Å². The van der Waals surface area contributed by atoms with Gasteiger partial charge in [-0.15, -0.1) is 0 Å². The van der Waals surface area contributed by atoms with Gasteiger partial charge in [0.25, 0.3) is 0 Å². The Hall–Kier alpha value is -2.70. The van der Waals surface area contributed by atoms with Crippen molar-refractivity contribution < 1.29 is 9.05 Å². The number of hydrogen-bond donors (Lipinski definition) is 0. The largest absolute Gasteiger partial charge is 0.339 e. The van der Waals surface area contributed by atoms with Crippen molar-refractivity contribution in [3.8, 4) is 11.4 Å². The molecule has 0 aliphatic carbocycles. The highest BCUT2D eigenvalue weighted by molar-refractivity contribution is 5.56. The van der Waals surface area contributed by atoms with Crippen LogP contribution in [0.1, 0.15) is 55.9 Å². The summed E-state index contributed by atoms with van der Waals surface area (Å²) in [6, 6.07) is 8.60. The molecule has 2 aromatic heterocycles. The van der Waals surface area contributed by atoms with Gasteiger partial charge < -0.3 is 13.9 Å². The Kier molecular flexibility index (Phi) is 3.99. The molecule has 3 heterocycles. The average Bonchev–Trinajstić information content (AvgIpc) is 3.34. The molecule has 3 aromatic rings. The second-order valence-electron chi connectivity index (χ2n) is 6.76. The molecular weight excluding hydrogens is 318 g/mol. The molecule has 0 spiro atoms. The van der Waals surface area contributed by atoms with Gasteiger partial charge in [-0.05, 0) is 19.8 Å². The summed E-state index contributed by atoms with van der Waals surface area (Å²) in [4.78, 5) is 11.2. The second kappa shape index (κ2) is 6.31. The molecule has 25 heavy (non-hydrogen) atoms. The van der Waals surface area contributed by atoms with Crippen LogP contribution in [0.5, 0.6) is 0 Å². The Morgan fingerprint density at radius 2 is 1.88 bits per heavy atom. The van der Waals surface area contributed by atoms with Gasteiger partial charge >= 0.3 is 6.01 Å². The van der Waals surface area contributed by atoms with Gasteiger partial charge in [-0.3, -0.25) is 0 Å². The zero-order chi connectivity index (χ0) is 17.4. The fourth-order valence-electron chi connectivity index (χ4n) is 3.03. The Bertz CT molecular complexity index is 852. The molecular formula is C18H21N5O2. The minimum absolute atomic E-state index is 0.0163. The third kappa shape index (κ3) is 3.01. The summed E-state index contributed by atoms with van der Waals surface area (Å²) in [6.07, 6.45) is 1.97. The van der Waals surface area contributed by atoms with Crippen molar-refractivity contribution >= 4 is 6.01 Å². The fraction of sp³-hybridized carbons (Fsp3) is 0.444. The molecule has 0 saturated carbocycles. The van der Waals surface area contributed by atoms with Gasteiger partial charge in [-0.2, -0.15) is 9.97 Å². The molecule has 4 rings (SSSR count). The van der Waals surface area contributed by atoms with Crippen LogP contribution in [0.4, 0.5) is 6.01 Å². The molecule has 1 fully saturated rings. The molecule has 1 aliphatic rings. The van der Waals surface area contributed by atoms with E-state index < -0.39 is 0 Å². The third-order valence-corrected chi connectivity index (χ3v) is 4.47. The van der Waals surface area contributed by atoms with Crippen molar-refractivity contribution in [3.05, 3.63) is 41.5 Å². The van der Waals surface area contributed by atoms with Gasteiger partial charge in [0.2, 0.25) is 11.7 Å². The van der Waals surface area contributed by atoms with E-state index in [2.05, 4.69) is 32.1 Å². The number of benzene rings is 1. The summed E-state index contributed by atoms with van der Waals surface area (Å²) in [5.74, 6) is 2.16.